The largest absolute Gasteiger partial charge is 0.383 e. The number of nitrogens with two attached hydrogens (primary N) is 1. The molecule has 0 fully saturated rings. The summed E-state index contributed by atoms with van der Waals surface area (Å²) in [6.45, 7) is 7.21. The van der Waals surface area contributed by atoms with E-state index in [2.05, 4.69) is 44.3 Å². The molecule has 0 bridgehead atoms. The van der Waals surface area contributed by atoms with Gasteiger partial charge in [0.1, 0.15) is 0 Å². The summed E-state index contributed by atoms with van der Waals surface area (Å²) in [7, 11) is 0. The molecule has 1 aromatic rings. The van der Waals surface area contributed by atoms with Crippen molar-refractivity contribution in [2.24, 2.45) is 5.73 Å². The average molecular weight is 192 g/mol. The van der Waals surface area contributed by atoms with Crippen molar-refractivity contribution in [3.05, 3.63) is 29.3 Å². The molecule has 1 aromatic carbocycles. The van der Waals surface area contributed by atoms with E-state index in [0.717, 1.165) is 13.0 Å². The zero-order valence-corrected chi connectivity index (χ0v) is 9.30. The lowest BCUT2D eigenvalue weighted by molar-refractivity contribution is 0.679. The third-order valence-corrected chi connectivity index (χ3v) is 2.68. The van der Waals surface area contributed by atoms with Crippen LogP contribution >= 0.6 is 0 Å². The highest BCUT2D eigenvalue weighted by Gasteiger charge is 2.02. The van der Waals surface area contributed by atoms with Crippen LogP contribution in [0, 0.1) is 13.8 Å². The zero-order chi connectivity index (χ0) is 10.6. The highest BCUT2D eigenvalue weighted by atomic mass is 14.9. The number of benzene rings is 1. The van der Waals surface area contributed by atoms with E-state index in [4.69, 9.17) is 5.73 Å². The first kappa shape index (κ1) is 11.1. The van der Waals surface area contributed by atoms with E-state index >= 15 is 0 Å². The van der Waals surface area contributed by atoms with Crippen molar-refractivity contribution in [3.8, 4) is 0 Å². The van der Waals surface area contributed by atoms with Crippen molar-refractivity contribution in [1.29, 1.82) is 0 Å². The van der Waals surface area contributed by atoms with Crippen LogP contribution in [0.5, 0.6) is 0 Å². The Balaban J connectivity index is 2.63. The Morgan fingerprint density at radius 2 is 2.07 bits per heavy atom. The minimum atomic E-state index is 0.245. The first-order chi connectivity index (χ1) is 6.65. The monoisotopic (exact) mass is 192 g/mol. The second-order valence-corrected chi connectivity index (χ2v) is 3.80. The summed E-state index contributed by atoms with van der Waals surface area (Å²) in [6.07, 6.45) is 1.01. The fourth-order valence-electron chi connectivity index (χ4n) is 1.33. The van der Waals surface area contributed by atoms with E-state index in [0.29, 0.717) is 0 Å². The maximum absolute atomic E-state index is 5.85. The topological polar surface area (TPSA) is 38.0 Å². The van der Waals surface area contributed by atoms with Crippen LogP contribution < -0.4 is 11.1 Å². The van der Waals surface area contributed by atoms with Gasteiger partial charge >= 0.3 is 0 Å². The van der Waals surface area contributed by atoms with E-state index in [9.17, 15) is 0 Å². The molecule has 0 heterocycles. The van der Waals surface area contributed by atoms with Crippen LogP contribution in [-0.2, 0) is 0 Å². The smallest absolute Gasteiger partial charge is 0.0373 e. The van der Waals surface area contributed by atoms with Gasteiger partial charge in [0, 0.05) is 18.3 Å². The minimum Gasteiger partial charge on any atom is -0.383 e. The maximum Gasteiger partial charge on any atom is 0.0373 e. The maximum atomic E-state index is 5.85. The highest BCUT2D eigenvalue weighted by molar-refractivity contribution is 5.53. The molecule has 2 heteroatoms. The Kier molecular flexibility index (Phi) is 3.96. The van der Waals surface area contributed by atoms with E-state index < -0.39 is 0 Å². The molecule has 1 unspecified atom stereocenters. The molecule has 0 saturated carbocycles. The molecule has 14 heavy (non-hydrogen) atoms. The van der Waals surface area contributed by atoms with E-state index in [1.165, 1.54) is 16.8 Å². The molecule has 78 valence electrons. The fraction of sp³-hybridized carbons (Fsp3) is 0.500. The van der Waals surface area contributed by atoms with E-state index in [1.54, 1.807) is 0 Å². The lowest BCUT2D eigenvalue weighted by Crippen LogP contribution is -2.28. The first-order valence-electron chi connectivity index (χ1n) is 5.20. The van der Waals surface area contributed by atoms with Crippen molar-refractivity contribution in [1.82, 2.24) is 0 Å². The van der Waals surface area contributed by atoms with Gasteiger partial charge in [-0.15, -0.1) is 0 Å². The SMILES string of the molecule is CCC(N)CNc1cccc(C)c1C. The van der Waals surface area contributed by atoms with Gasteiger partial charge in [0.05, 0.1) is 0 Å². The van der Waals surface area contributed by atoms with Crippen LogP contribution in [-0.4, -0.2) is 12.6 Å². The van der Waals surface area contributed by atoms with Crippen molar-refractivity contribution in [2.45, 2.75) is 33.2 Å². The third-order valence-electron chi connectivity index (χ3n) is 2.68. The molecular formula is C12H20N2. The molecule has 0 radical (unpaired) electrons. The molecule has 0 amide bonds. The molecule has 0 aliphatic heterocycles. The molecular weight excluding hydrogens is 172 g/mol. The summed E-state index contributed by atoms with van der Waals surface area (Å²) in [5, 5.41) is 3.38. The quantitative estimate of drug-likeness (QED) is 0.769. The number of anilines is 1. The summed E-state index contributed by atoms with van der Waals surface area (Å²) in [6, 6.07) is 6.54. The normalized spacial score (nSPS) is 12.6. The number of nitrogens with one attached hydrogen (secondary N) is 1. The Bertz CT molecular complexity index is 294. The van der Waals surface area contributed by atoms with Gasteiger partial charge in [0.15, 0.2) is 0 Å². The zero-order valence-electron chi connectivity index (χ0n) is 9.30. The van der Waals surface area contributed by atoms with Gasteiger partial charge in [-0.25, -0.2) is 0 Å². The standard InChI is InChI=1S/C12H20N2/c1-4-11(13)8-14-12-7-5-6-9(2)10(12)3/h5-7,11,14H,4,8,13H2,1-3H3. The van der Waals surface area contributed by atoms with E-state index in [1.807, 2.05) is 0 Å². The summed E-state index contributed by atoms with van der Waals surface area (Å²) in [5.74, 6) is 0. The molecule has 0 spiro atoms. The van der Waals surface area contributed by atoms with Crippen molar-refractivity contribution >= 4 is 5.69 Å². The number of rotatable bonds is 4. The summed E-state index contributed by atoms with van der Waals surface area (Å²) in [4.78, 5) is 0. The van der Waals surface area contributed by atoms with Gasteiger partial charge in [-0.1, -0.05) is 19.1 Å². The second-order valence-electron chi connectivity index (χ2n) is 3.80. The summed E-state index contributed by atoms with van der Waals surface area (Å²) < 4.78 is 0. The number of hydrogen-bond acceptors (Lipinski definition) is 2. The molecule has 3 N–H and O–H groups in total. The van der Waals surface area contributed by atoms with Crippen molar-refractivity contribution in [2.75, 3.05) is 11.9 Å². The van der Waals surface area contributed by atoms with Gasteiger partial charge in [-0.05, 0) is 37.5 Å². The van der Waals surface area contributed by atoms with Gasteiger partial charge in [0.2, 0.25) is 0 Å². The van der Waals surface area contributed by atoms with Gasteiger partial charge in [-0.2, -0.15) is 0 Å². The van der Waals surface area contributed by atoms with Gasteiger partial charge < -0.3 is 11.1 Å². The highest BCUT2D eigenvalue weighted by Crippen LogP contribution is 2.17. The van der Waals surface area contributed by atoms with Crippen LogP contribution in [0.25, 0.3) is 0 Å². The lowest BCUT2D eigenvalue weighted by Gasteiger charge is -2.14. The summed E-state index contributed by atoms with van der Waals surface area (Å²) in [5.41, 5.74) is 9.68. The molecule has 1 rings (SSSR count). The van der Waals surface area contributed by atoms with Gasteiger partial charge in [0.25, 0.3) is 0 Å². The van der Waals surface area contributed by atoms with Crippen LogP contribution in [0.3, 0.4) is 0 Å². The molecule has 1 atom stereocenters. The van der Waals surface area contributed by atoms with E-state index in [-0.39, 0.29) is 6.04 Å². The Hall–Kier alpha value is -1.02. The molecule has 0 saturated heterocycles. The van der Waals surface area contributed by atoms with Crippen molar-refractivity contribution < 1.29 is 0 Å². The number of hydrogen-bond donors (Lipinski definition) is 2. The van der Waals surface area contributed by atoms with Crippen LogP contribution in [0.2, 0.25) is 0 Å². The second kappa shape index (κ2) is 5.01. The Labute approximate surface area is 86.5 Å². The Morgan fingerprint density at radius 1 is 1.36 bits per heavy atom. The minimum absolute atomic E-state index is 0.245. The Morgan fingerprint density at radius 3 is 2.71 bits per heavy atom. The third kappa shape index (κ3) is 2.74. The molecule has 2 nitrogen and oxygen atoms in total. The molecule has 0 aromatic heterocycles. The predicted octanol–water partition coefficient (Wildman–Crippen LogP) is 2.45. The lowest BCUT2D eigenvalue weighted by atomic mass is 10.1. The van der Waals surface area contributed by atoms with Crippen LogP contribution in [0.4, 0.5) is 5.69 Å². The average Bonchev–Trinajstić information content (AvgIpc) is 2.20. The van der Waals surface area contributed by atoms with Crippen molar-refractivity contribution in [3.63, 3.8) is 0 Å². The predicted molar refractivity (Wildman–Crippen MR) is 62.7 cm³/mol. The molecule has 0 aliphatic rings. The fourth-order valence-corrected chi connectivity index (χ4v) is 1.33. The van der Waals surface area contributed by atoms with Crippen LogP contribution in [0.15, 0.2) is 18.2 Å². The molecule has 0 aliphatic carbocycles. The number of aryl methyl sites for hydroxylation is 1. The van der Waals surface area contributed by atoms with Crippen LogP contribution in [0.1, 0.15) is 24.5 Å². The summed E-state index contributed by atoms with van der Waals surface area (Å²) >= 11 is 0. The van der Waals surface area contributed by atoms with Gasteiger partial charge in [-0.3, -0.25) is 0 Å². The first-order valence-corrected chi connectivity index (χ1v) is 5.20.